The number of aromatic nitrogens is 2. The molecule has 2 heterocycles. The Balaban J connectivity index is 1.74. The van der Waals surface area contributed by atoms with Crippen LogP contribution in [0.1, 0.15) is 6.42 Å². The number of hydrogen-bond donors (Lipinski definition) is 2. The van der Waals surface area contributed by atoms with Gasteiger partial charge in [0.15, 0.2) is 0 Å². The molecule has 0 saturated carbocycles. The molecule has 0 aliphatic rings. The molecule has 140 valence electrons. The maximum Gasteiger partial charge on any atom is 0.213 e. The number of nitrogens with two attached hydrogens (primary N) is 1. The first-order chi connectivity index (χ1) is 13.0. The third-order valence-electron chi connectivity index (χ3n) is 4.17. The zero-order chi connectivity index (χ0) is 19.2. The van der Waals surface area contributed by atoms with Crippen LogP contribution in [0.25, 0.3) is 22.3 Å². The molecule has 0 radical (unpaired) electrons. The van der Waals surface area contributed by atoms with E-state index in [0.717, 1.165) is 35.2 Å². The molecule has 0 bridgehead atoms. The lowest BCUT2D eigenvalue weighted by Gasteiger charge is -2.11. The quantitative estimate of drug-likeness (QED) is 0.625. The summed E-state index contributed by atoms with van der Waals surface area (Å²) < 4.78 is 5.67. The Morgan fingerprint density at radius 3 is 2.33 bits per heavy atom. The molecule has 0 aliphatic heterocycles. The summed E-state index contributed by atoms with van der Waals surface area (Å²) in [6.07, 6.45) is 4.46. The predicted molar refractivity (Wildman–Crippen MR) is 108 cm³/mol. The van der Waals surface area contributed by atoms with E-state index in [1.807, 2.05) is 44.4 Å². The fourth-order valence-electron chi connectivity index (χ4n) is 2.70. The molecule has 0 unspecified atom stereocenters. The molecule has 6 heteroatoms. The first kappa shape index (κ1) is 18.7. The van der Waals surface area contributed by atoms with Crippen LogP contribution in [-0.4, -0.2) is 47.2 Å². The number of anilines is 1. The van der Waals surface area contributed by atoms with E-state index in [1.54, 1.807) is 24.5 Å². The summed E-state index contributed by atoms with van der Waals surface area (Å²) in [6, 6.07) is 12.7. The lowest BCUT2D eigenvalue weighted by atomic mass is 10.0. The zero-order valence-electron chi connectivity index (χ0n) is 15.6. The van der Waals surface area contributed by atoms with Crippen molar-refractivity contribution in [1.29, 1.82) is 0 Å². The number of aromatic hydroxyl groups is 1. The highest BCUT2D eigenvalue weighted by atomic mass is 16.5. The lowest BCUT2D eigenvalue weighted by molar-refractivity contribution is 0.273. The summed E-state index contributed by atoms with van der Waals surface area (Å²) in [5, 5.41) is 9.47. The van der Waals surface area contributed by atoms with E-state index < -0.39 is 0 Å². The number of nitrogens with zero attached hydrogens (tertiary/aromatic N) is 3. The molecular formula is C21H24N4O2. The molecule has 27 heavy (non-hydrogen) atoms. The number of benzene rings is 1. The van der Waals surface area contributed by atoms with Crippen molar-refractivity contribution in [3.05, 3.63) is 54.9 Å². The maximum atomic E-state index is 9.47. The van der Waals surface area contributed by atoms with E-state index in [1.165, 1.54) is 0 Å². The van der Waals surface area contributed by atoms with Crippen LogP contribution in [-0.2, 0) is 0 Å². The molecule has 0 aliphatic carbocycles. The van der Waals surface area contributed by atoms with Crippen LogP contribution in [0, 0.1) is 0 Å². The van der Waals surface area contributed by atoms with Gasteiger partial charge in [0, 0.05) is 41.7 Å². The van der Waals surface area contributed by atoms with Gasteiger partial charge in [0.2, 0.25) is 5.88 Å². The zero-order valence-corrected chi connectivity index (χ0v) is 15.6. The summed E-state index contributed by atoms with van der Waals surface area (Å²) in [4.78, 5) is 10.8. The SMILES string of the molecule is CN(C)CCCOc1ccc(-c2cnc(N)c(-c3ccc(O)cc3)c2)cn1. The van der Waals surface area contributed by atoms with Crippen molar-refractivity contribution >= 4 is 5.82 Å². The van der Waals surface area contributed by atoms with Gasteiger partial charge in [0.1, 0.15) is 11.6 Å². The maximum absolute atomic E-state index is 9.47. The highest BCUT2D eigenvalue weighted by molar-refractivity contribution is 5.79. The molecule has 3 N–H and O–H groups in total. The molecular weight excluding hydrogens is 340 g/mol. The number of pyridine rings is 2. The standard InChI is InChI=1S/C21H24N4O2/c1-25(2)10-3-11-27-20-9-6-16(13-23-20)17-12-19(21(22)24-14-17)15-4-7-18(26)8-5-15/h4-9,12-14,26H,3,10-11H2,1-2H3,(H2,22,24). The number of rotatable bonds is 7. The van der Waals surface area contributed by atoms with Crippen LogP contribution in [0.4, 0.5) is 5.82 Å². The van der Waals surface area contributed by atoms with Crippen LogP contribution in [0.5, 0.6) is 11.6 Å². The van der Waals surface area contributed by atoms with E-state index in [0.29, 0.717) is 18.3 Å². The van der Waals surface area contributed by atoms with Gasteiger partial charge in [-0.2, -0.15) is 0 Å². The first-order valence-electron chi connectivity index (χ1n) is 8.82. The Labute approximate surface area is 159 Å². The number of ether oxygens (including phenoxy) is 1. The Morgan fingerprint density at radius 1 is 0.963 bits per heavy atom. The molecule has 0 saturated heterocycles. The van der Waals surface area contributed by atoms with Gasteiger partial charge in [-0.15, -0.1) is 0 Å². The van der Waals surface area contributed by atoms with E-state index in [9.17, 15) is 5.11 Å². The molecule has 0 spiro atoms. The van der Waals surface area contributed by atoms with E-state index >= 15 is 0 Å². The van der Waals surface area contributed by atoms with Gasteiger partial charge in [-0.1, -0.05) is 12.1 Å². The van der Waals surface area contributed by atoms with Crippen molar-refractivity contribution in [3.63, 3.8) is 0 Å². The van der Waals surface area contributed by atoms with Gasteiger partial charge in [-0.3, -0.25) is 0 Å². The van der Waals surface area contributed by atoms with E-state index in [2.05, 4.69) is 14.9 Å². The Kier molecular flexibility index (Phi) is 5.88. The average molecular weight is 364 g/mol. The van der Waals surface area contributed by atoms with Gasteiger partial charge >= 0.3 is 0 Å². The van der Waals surface area contributed by atoms with Crippen molar-refractivity contribution in [2.24, 2.45) is 0 Å². The largest absolute Gasteiger partial charge is 0.508 e. The summed E-state index contributed by atoms with van der Waals surface area (Å²) in [5.41, 5.74) is 9.60. The predicted octanol–water partition coefficient (Wildman–Crippen LogP) is 3.43. The summed E-state index contributed by atoms with van der Waals surface area (Å²) in [6.45, 7) is 1.62. The van der Waals surface area contributed by atoms with E-state index in [-0.39, 0.29) is 5.75 Å². The van der Waals surface area contributed by atoms with Gasteiger partial charge in [-0.25, -0.2) is 9.97 Å². The fraction of sp³-hybridized carbons (Fsp3) is 0.238. The fourth-order valence-corrected chi connectivity index (χ4v) is 2.70. The molecule has 0 atom stereocenters. The minimum Gasteiger partial charge on any atom is -0.508 e. The molecule has 6 nitrogen and oxygen atoms in total. The van der Waals surface area contributed by atoms with Crippen LogP contribution >= 0.6 is 0 Å². The summed E-state index contributed by atoms with van der Waals surface area (Å²) in [5.74, 6) is 1.27. The number of hydrogen-bond acceptors (Lipinski definition) is 6. The molecule has 0 amide bonds. The smallest absolute Gasteiger partial charge is 0.213 e. The first-order valence-corrected chi connectivity index (χ1v) is 8.82. The average Bonchev–Trinajstić information content (AvgIpc) is 2.67. The lowest BCUT2D eigenvalue weighted by Crippen LogP contribution is -2.15. The van der Waals surface area contributed by atoms with Gasteiger partial charge in [0.25, 0.3) is 0 Å². The molecule has 3 rings (SSSR count). The van der Waals surface area contributed by atoms with E-state index in [4.69, 9.17) is 10.5 Å². The molecule has 2 aromatic heterocycles. The van der Waals surface area contributed by atoms with Crippen LogP contribution < -0.4 is 10.5 Å². The highest BCUT2D eigenvalue weighted by Gasteiger charge is 2.08. The molecule has 3 aromatic rings. The van der Waals surface area contributed by atoms with Crippen molar-refractivity contribution in [1.82, 2.24) is 14.9 Å². The summed E-state index contributed by atoms with van der Waals surface area (Å²) in [7, 11) is 4.08. The van der Waals surface area contributed by atoms with Crippen molar-refractivity contribution < 1.29 is 9.84 Å². The third-order valence-corrected chi connectivity index (χ3v) is 4.17. The second-order valence-electron chi connectivity index (χ2n) is 6.59. The third kappa shape index (κ3) is 4.95. The van der Waals surface area contributed by atoms with Crippen LogP contribution in [0.2, 0.25) is 0 Å². The molecule has 1 aromatic carbocycles. The second kappa shape index (κ2) is 8.51. The Morgan fingerprint density at radius 2 is 1.67 bits per heavy atom. The molecule has 0 fully saturated rings. The number of phenols is 1. The van der Waals surface area contributed by atoms with Crippen molar-refractivity contribution in [3.8, 4) is 33.9 Å². The second-order valence-corrected chi connectivity index (χ2v) is 6.59. The van der Waals surface area contributed by atoms with Crippen molar-refractivity contribution in [2.75, 3.05) is 33.0 Å². The minimum absolute atomic E-state index is 0.215. The van der Waals surface area contributed by atoms with Gasteiger partial charge < -0.3 is 20.5 Å². The van der Waals surface area contributed by atoms with Crippen molar-refractivity contribution in [2.45, 2.75) is 6.42 Å². The summed E-state index contributed by atoms with van der Waals surface area (Å²) >= 11 is 0. The normalized spacial score (nSPS) is 10.9. The Hall–Kier alpha value is -3.12. The Bertz CT molecular complexity index is 878. The number of phenolic OH excluding ortho intramolecular Hbond substituents is 1. The topological polar surface area (TPSA) is 84.5 Å². The van der Waals surface area contributed by atoms with Gasteiger partial charge in [-0.05, 0) is 50.3 Å². The monoisotopic (exact) mass is 364 g/mol. The number of nitrogen functional groups attached to an aromatic ring is 1. The van der Waals surface area contributed by atoms with Crippen LogP contribution in [0.3, 0.4) is 0 Å². The van der Waals surface area contributed by atoms with Crippen LogP contribution in [0.15, 0.2) is 54.9 Å². The minimum atomic E-state index is 0.215. The van der Waals surface area contributed by atoms with Gasteiger partial charge in [0.05, 0.1) is 6.61 Å². The highest BCUT2D eigenvalue weighted by Crippen LogP contribution is 2.30.